The number of piperazine rings is 1. The van der Waals surface area contributed by atoms with Crippen LogP contribution in [-0.4, -0.2) is 59.0 Å². The van der Waals surface area contributed by atoms with Crippen LogP contribution in [0.25, 0.3) is 6.08 Å². The van der Waals surface area contributed by atoms with Crippen molar-refractivity contribution in [3.05, 3.63) is 40.4 Å². The number of rotatable bonds is 3. The van der Waals surface area contributed by atoms with Crippen LogP contribution in [0.4, 0.5) is 0 Å². The average molecular weight is 337 g/mol. The van der Waals surface area contributed by atoms with Gasteiger partial charge in [0.2, 0.25) is 5.91 Å². The van der Waals surface area contributed by atoms with Gasteiger partial charge in [-0.2, -0.15) is 0 Å². The molecule has 5 nitrogen and oxygen atoms in total. The third-order valence-electron chi connectivity index (χ3n) is 3.87. The highest BCUT2D eigenvalue weighted by Gasteiger charge is 2.25. The first kappa shape index (κ1) is 17.5. The zero-order valence-electron chi connectivity index (χ0n) is 13.3. The van der Waals surface area contributed by atoms with Gasteiger partial charge in [-0.1, -0.05) is 23.7 Å². The molecule has 1 aliphatic heterocycles. The van der Waals surface area contributed by atoms with Gasteiger partial charge in [0.25, 0.3) is 5.91 Å². The summed E-state index contributed by atoms with van der Waals surface area (Å²) in [5, 5.41) is 9.98. The lowest BCUT2D eigenvalue weighted by atomic mass is 10.1. The minimum absolute atomic E-state index is 0.0918. The second-order valence-electron chi connectivity index (χ2n) is 5.67. The third kappa shape index (κ3) is 4.56. The van der Waals surface area contributed by atoms with Crippen molar-refractivity contribution in [1.29, 1.82) is 0 Å². The summed E-state index contributed by atoms with van der Waals surface area (Å²) in [7, 11) is 0. The number of hydrogen-bond acceptors (Lipinski definition) is 3. The minimum Gasteiger partial charge on any atom is -0.384 e. The molecule has 124 valence electrons. The van der Waals surface area contributed by atoms with E-state index in [-0.39, 0.29) is 11.8 Å². The molecule has 23 heavy (non-hydrogen) atoms. The molecule has 0 aromatic heterocycles. The van der Waals surface area contributed by atoms with Crippen LogP contribution in [0.5, 0.6) is 0 Å². The molecule has 0 saturated carbocycles. The maximum atomic E-state index is 12.2. The number of amides is 2. The molecule has 1 N–H and O–H groups in total. The first-order valence-electron chi connectivity index (χ1n) is 7.58. The standard InChI is InChI=1S/C17H21ClN2O3/c1-12-3-4-14(11-15(12)18)5-6-16(22)19-7-9-20(10-8-19)17(23)13(2)21/h3-6,11,13,21H,7-10H2,1-2H3/b6-5+. The number of benzene rings is 1. The van der Waals surface area contributed by atoms with Crippen LogP contribution in [0.1, 0.15) is 18.1 Å². The minimum atomic E-state index is -0.997. The Morgan fingerprint density at radius 3 is 2.39 bits per heavy atom. The normalized spacial score (nSPS) is 16.7. The summed E-state index contributed by atoms with van der Waals surface area (Å²) in [4.78, 5) is 27.2. The molecule has 2 rings (SSSR count). The van der Waals surface area contributed by atoms with Gasteiger partial charge in [-0.25, -0.2) is 0 Å². The quantitative estimate of drug-likeness (QED) is 0.855. The Labute approximate surface area is 141 Å². The van der Waals surface area contributed by atoms with Crippen molar-refractivity contribution in [1.82, 2.24) is 9.80 Å². The third-order valence-corrected chi connectivity index (χ3v) is 4.28. The van der Waals surface area contributed by atoms with Crippen molar-refractivity contribution in [2.45, 2.75) is 20.0 Å². The van der Waals surface area contributed by atoms with Crippen LogP contribution in [0.15, 0.2) is 24.3 Å². The Balaban J connectivity index is 1.91. The first-order valence-corrected chi connectivity index (χ1v) is 7.96. The van der Waals surface area contributed by atoms with E-state index < -0.39 is 6.10 Å². The first-order chi connectivity index (χ1) is 10.9. The molecular formula is C17H21ClN2O3. The van der Waals surface area contributed by atoms with E-state index in [4.69, 9.17) is 11.6 Å². The molecule has 0 bridgehead atoms. The van der Waals surface area contributed by atoms with Crippen molar-refractivity contribution < 1.29 is 14.7 Å². The average Bonchev–Trinajstić information content (AvgIpc) is 2.55. The summed E-state index contributed by atoms with van der Waals surface area (Å²) in [6, 6.07) is 5.64. The maximum absolute atomic E-state index is 12.2. The molecular weight excluding hydrogens is 316 g/mol. The summed E-state index contributed by atoms with van der Waals surface area (Å²) in [5.74, 6) is -0.382. The van der Waals surface area contributed by atoms with Gasteiger partial charge in [0, 0.05) is 37.3 Å². The monoisotopic (exact) mass is 336 g/mol. The molecule has 1 aromatic rings. The zero-order chi connectivity index (χ0) is 17.0. The van der Waals surface area contributed by atoms with Gasteiger partial charge in [-0.05, 0) is 37.1 Å². The number of aliphatic hydroxyl groups excluding tert-OH is 1. The van der Waals surface area contributed by atoms with Crippen LogP contribution < -0.4 is 0 Å². The molecule has 1 heterocycles. The van der Waals surface area contributed by atoms with Crippen LogP contribution in [-0.2, 0) is 9.59 Å². The van der Waals surface area contributed by atoms with E-state index >= 15 is 0 Å². The SMILES string of the molecule is Cc1ccc(/C=C/C(=O)N2CCN(C(=O)C(C)O)CC2)cc1Cl. The predicted octanol–water partition coefficient (Wildman–Crippen LogP) is 1.71. The summed E-state index contributed by atoms with van der Waals surface area (Å²) in [6.45, 7) is 5.20. The Kier molecular flexibility index (Phi) is 5.80. The lowest BCUT2D eigenvalue weighted by Gasteiger charge is -2.34. The highest BCUT2D eigenvalue weighted by atomic mass is 35.5. The van der Waals surface area contributed by atoms with Crippen LogP contribution in [0.2, 0.25) is 5.02 Å². The van der Waals surface area contributed by atoms with E-state index in [2.05, 4.69) is 0 Å². The molecule has 1 fully saturated rings. The van der Waals surface area contributed by atoms with E-state index in [1.807, 2.05) is 25.1 Å². The maximum Gasteiger partial charge on any atom is 0.251 e. The number of carbonyl (C=O) groups excluding carboxylic acids is 2. The van der Waals surface area contributed by atoms with E-state index in [1.165, 1.54) is 13.0 Å². The van der Waals surface area contributed by atoms with E-state index in [0.717, 1.165) is 11.1 Å². The van der Waals surface area contributed by atoms with Gasteiger partial charge in [0.15, 0.2) is 0 Å². The Bertz CT molecular complexity index is 620. The molecule has 0 aliphatic carbocycles. The van der Waals surface area contributed by atoms with Gasteiger partial charge in [-0.15, -0.1) is 0 Å². The highest BCUT2D eigenvalue weighted by Crippen LogP contribution is 2.17. The predicted molar refractivity (Wildman–Crippen MR) is 90.1 cm³/mol. The van der Waals surface area contributed by atoms with Crippen LogP contribution in [0.3, 0.4) is 0 Å². The molecule has 1 saturated heterocycles. The van der Waals surface area contributed by atoms with Crippen LogP contribution in [0, 0.1) is 6.92 Å². The number of nitrogens with zero attached hydrogens (tertiary/aromatic N) is 2. The van der Waals surface area contributed by atoms with Crippen molar-refractivity contribution in [3.63, 3.8) is 0 Å². The van der Waals surface area contributed by atoms with Gasteiger partial charge >= 0.3 is 0 Å². The van der Waals surface area contributed by atoms with Crippen molar-refractivity contribution >= 4 is 29.5 Å². The molecule has 1 aromatic carbocycles. The lowest BCUT2D eigenvalue weighted by molar-refractivity contribution is -0.143. The fraction of sp³-hybridized carbons (Fsp3) is 0.412. The zero-order valence-corrected chi connectivity index (χ0v) is 14.1. The van der Waals surface area contributed by atoms with Gasteiger partial charge in [-0.3, -0.25) is 9.59 Å². The molecule has 1 unspecified atom stereocenters. The summed E-state index contributed by atoms with van der Waals surface area (Å²) < 4.78 is 0. The molecule has 1 aliphatic rings. The fourth-order valence-electron chi connectivity index (χ4n) is 2.40. The van der Waals surface area contributed by atoms with Gasteiger partial charge < -0.3 is 14.9 Å². The molecule has 2 amide bonds. The van der Waals surface area contributed by atoms with Crippen molar-refractivity contribution in [2.24, 2.45) is 0 Å². The van der Waals surface area contributed by atoms with E-state index in [0.29, 0.717) is 31.2 Å². The summed E-state index contributed by atoms with van der Waals surface area (Å²) in [5.41, 5.74) is 1.87. The summed E-state index contributed by atoms with van der Waals surface area (Å²) >= 11 is 6.06. The highest BCUT2D eigenvalue weighted by molar-refractivity contribution is 6.31. The Hall–Kier alpha value is -1.85. The molecule has 6 heteroatoms. The number of aliphatic hydroxyl groups is 1. The number of halogens is 1. The topological polar surface area (TPSA) is 60.9 Å². The molecule has 0 radical (unpaired) electrons. The Morgan fingerprint density at radius 1 is 1.22 bits per heavy atom. The second kappa shape index (κ2) is 7.62. The number of aryl methyl sites for hydroxylation is 1. The van der Waals surface area contributed by atoms with Crippen LogP contribution >= 0.6 is 11.6 Å². The largest absolute Gasteiger partial charge is 0.384 e. The van der Waals surface area contributed by atoms with Crippen molar-refractivity contribution in [2.75, 3.05) is 26.2 Å². The smallest absolute Gasteiger partial charge is 0.251 e. The van der Waals surface area contributed by atoms with E-state index in [1.54, 1.807) is 15.9 Å². The Morgan fingerprint density at radius 2 is 1.83 bits per heavy atom. The van der Waals surface area contributed by atoms with Crippen molar-refractivity contribution in [3.8, 4) is 0 Å². The summed E-state index contributed by atoms with van der Waals surface area (Å²) in [6.07, 6.45) is 2.26. The van der Waals surface area contributed by atoms with Gasteiger partial charge in [0.1, 0.15) is 6.10 Å². The number of hydrogen-bond donors (Lipinski definition) is 1. The lowest BCUT2D eigenvalue weighted by Crippen LogP contribution is -2.52. The molecule has 0 spiro atoms. The number of carbonyl (C=O) groups is 2. The second-order valence-corrected chi connectivity index (χ2v) is 6.08. The van der Waals surface area contributed by atoms with Gasteiger partial charge in [0.05, 0.1) is 0 Å². The fourth-order valence-corrected chi connectivity index (χ4v) is 2.59. The van der Waals surface area contributed by atoms with E-state index in [9.17, 15) is 14.7 Å². The molecule has 1 atom stereocenters.